The molecule has 0 bridgehead atoms. The second-order valence-corrected chi connectivity index (χ2v) is 10.4. The summed E-state index contributed by atoms with van der Waals surface area (Å²) < 4.78 is 14.3. The Bertz CT molecular complexity index is 1610. The van der Waals surface area contributed by atoms with Crippen LogP contribution in [0.5, 0.6) is 5.75 Å². The van der Waals surface area contributed by atoms with Crippen LogP contribution in [0.2, 0.25) is 0 Å². The van der Waals surface area contributed by atoms with E-state index >= 15 is 0 Å². The van der Waals surface area contributed by atoms with Crippen molar-refractivity contribution in [2.24, 2.45) is 0 Å². The van der Waals surface area contributed by atoms with E-state index in [1.807, 2.05) is 47.0 Å². The lowest BCUT2D eigenvalue weighted by molar-refractivity contribution is 0.104. The summed E-state index contributed by atoms with van der Waals surface area (Å²) in [5.41, 5.74) is 10.1. The standard InChI is InChI=1S/C28H27N5O3S/c1-17-12-20-14-22(37-25(20)21(13-17)35-2)23-24-26(29)30-9-11-33(24)27(31-23)19-8-10-32(15-19)28(34)36-16-18-6-4-3-5-7-18/h3-7,9,11-14,19H,8,10,15-16H2,1-2H3,(H2,29,30)/t19-/m0/s1. The maximum atomic E-state index is 12.8. The molecule has 188 valence electrons. The van der Waals surface area contributed by atoms with Crippen molar-refractivity contribution in [1.29, 1.82) is 0 Å². The van der Waals surface area contributed by atoms with Crippen molar-refractivity contribution < 1.29 is 14.3 Å². The van der Waals surface area contributed by atoms with Crippen LogP contribution in [-0.4, -0.2) is 45.6 Å². The van der Waals surface area contributed by atoms with E-state index in [-0.39, 0.29) is 18.6 Å². The van der Waals surface area contributed by atoms with E-state index in [1.165, 1.54) is 0 Å². The Morgan fingerprint density at radius 2 is 2.05 bits per heavy atom. The highest BCUT2D eigenvalue weighted by Crippen LogP contribution is 2.42. The number of thiophene rings is 1. The number of anilines is 1. The van der Waals surface area contributed by atoms with Gasteiger partial charge in [0.2, 0.25) is 0 Å². The molecule has 4 heterocycles. The molecule has 5 aromatic rings. The van der Waals surface area contributed by atoms with Crippen molar-refractivity contribution in [2.75, 3.05) is 25.9 Å². The molecule has 1 saturated heterocycles. The van der Waals surface area contributed by atoms with Crippen molar-refractivity contribution >= 4 is 38.9 Å². The van der Waals surface area contributed by atoms with Crippen LogP contribution in [0, 0.1) is 6.92 Å². The average Bonchev–Trinajstić information content (AvgIpc) is 3.64. The highest BCUT2D eigenvalue weighted by Gasteiger charge is 2.32. The van der Waals surface area contributed by atoms with Crippen LogP contribution in [0.3, 0.4) is 0 Å². The molecular weight excluding hydrogens is 486 g/mol. The van der Waals surface area contributed by atoms with E-state index in [9.17, 15) is 4.79 Å². The first-order valence-corrected chi connectivity index (χ1v) is 13.0. The first-order valence-electron chi connectivity index (χ1n) is 12.2. The Morgan fingerprint density at radius 1 is 1.22 bits per heavy atom. The number of nitrogens with two attached hydrogens (primary N) is 1. The molecule has 6 rings (SSSR count). The van der Waals surface area contributed by atoms with Gasteiger partial charge in [0.05, 0.1) is 16.7 Å². The fourth-order valence-corrected chi connectivity index (χ4v) is 6.15. The zero-order chi connectivity index (χ0) is 25.5. The molecule has 2 aromatic carbocycles. The van der Waals surface area contributed by atoms with Gasteiger partial charge in [0.25, 0.3) is 0 Å². The lowest BCUT2D eigenvalue weighted by Gasteiger charge is -2.16. The van der Waals surface area contributed by atoms with Gasteiger partial charge in [-0.05, 0) is 42.0 Å². The largest absolute Gasteiger partial charge is 0.495 e. The molecule has 2 N–H and O–H groups in total. The number of imidazole rings is 1. The summed E-state index contributed by atoms with van der Waals surface area (Å²) in [5.74, 6) is 2.20. The van der Waals surface area contributed by atoms with Crippen LogP contribution in [0.4, 0.5) is 10.6 Å². The van der Waals surface area contributed by atoms with E-state index < -0.39 is 0 Å². The van der Waals surface area contributed by atoms with Crippen LogP contribution in [0.1, 0.15) is 29.3 Å². The van der Waals surface area contributed by atoms with Crippen LogP contribution >= 0.6 is 11.3 Å². The first-order chi connectivity index (χ1) is 18.0. The second kappa shape index (κ2) is 9.40. The molecule has 1 fully saturated rings. The van der Waals surface area contributed by atoms with Crippen LogP contribution in [-0.2, 0) is 11.3 Å². The monoisotopic (exact) mass is 513 g/mol. The highest BCUT2D eigenvalue weighted by atomic mass is 32.1. The van der Waals surface area contributed by atoms with E-state index in [0.717, 1.165) is 55.3 Å². The third-order valence-corrected chi connectivity index (χ3v) is 7.98. The number of ether oxygens (including phenoxy) is 2. The van der Waals surface area contributed by atoms with E-state index in [1.54, 1.807) is 29.5 Å². The molecule has 1 atom stereocenters. The molecule has 1 aliphatic rings. The van der Waals surface area contributed by atoms with E-state index in [0.29, 0.717) is 18.9 Å². The summed E-state index contributed by atoms with van der Waals surface area (Å²) in [6, 6.07) is 16.0. The van der Waals surface area contributed by atoms with Gasteiger partial charge in [-0.15, -0.1) is 11.3 Å². The zero-order valence-corrected chi connectivity index (χ0v) is 21.5. The molecule has 0 saturated carbocycles. The molecule has 1 amide bonds. The summed E-state index contributed by atoms with van der Waals surface area (Å²) in [6.45, 7) is 3.46. The zero-order valence-electron chi connectivity index (χ0n) is 20.7. The van der Waals surface area contributed by atoms with Crippen LogP contribution < -0.4 is 10.5 Å². The molecule has 0 aliphatic carbocycles. The first kappa shape index (κ1) is 23.3. The van der Waals surface area contributed by atoms with Crippen LogP contribution in [0.15, 0.2) is 60.9 Å². The molecule has 0 radical (unpaired) electrons. The number of nitrogen functional groups attached to an aromatic ring is 1. The van der Waals surface area contributed by atoms with E-state index in [2.05, 4.69) is 24.0 Å². The van der Waals surface area contributed by atoms with Gasteiger partial charge in [0, 0.05) is 31.4 Å². The predicted molar refractivity (Wildman–Crippen MR) is 145 cm³/mol. The third-order valence-electron chi connectivity index (χ3n) is 6.81. The molecule has 37 heavy (non-hydrogen) atoms. The van der Waals surface area contributed by atoms with Crippen molar-refractivity contribution in [3.8, 4) is 16.3 Å². The van der Waals surface area contributed by atoms with Gasteiger partial charge >= 0.3 is 6.09 Å². The molecule has 1 aliphatic heterocycles. The Hall–Kier alpha value is -4.11. The minimum absolute atomic E-state index is 0.0542. The lowest BCUT2D eigenvalue weighted by atomic mass is 10.1. The minimum Gasteiger partial charge on any atom is -0.495 e. The molecule has 0 unspecified atom stereocenters. The van der Waals surface area contributed by atoms with Crippen molar-refractivity contribution in [1.82, 2.24) is 19.3 Å². The molecule has 3 aromatic heterocycles. The van der Waals surface area contributed by atoms with Gasteiger partial charge in [0.15, 0.2) is 0 Å². The van der Waals surface area contributed by atoms with Crippen molar-refractivity contribution in [3.63, 3.8) is 0 Å². The van der Waals surface area contributed by atoms with Crippen molar-refractivity contribution in [2.45, 2.75) is 25.9 Å². The van der Waals surface area contributed by atoms with Gasteiger partial charge in [-0.3, -0.25) is 4.40 Å². The quantitative estimate of drug-likeness (QED) is 0.327. The molecule has 0 spiro atoms. The summed E-state index contributed by atoms with van der Waals surface area (Å²) in [5, 5.41) is 1.11. The van der Waals surface area contributed by atoms with Crippen LogP contribution in [0.25, 0.3) is 26.2 Å². The number of aryl methyl sites for hydroxylation is 1. The van der Waals surface area contributed by atoms with E-state index in [4.69, 9.17) is 20.2 Å². The molecular formula is C28H27N5O3S. The minimum atomic E-state index is -0.305. The van der Waals surface area contributed by atoms with Gasteiger partial charge in [0.1, 0.15) is 35.2 Å². The third kappa shape index (κ3) is 4.25. The Labute approximate surface area is 218 Å². The number of aromatic nitrogens is 3. The number of carbonyl (C=O) groups excluding carboxylic acids is 1. The summed E-state index contributed by atoms with van der Waals surface area (Å²) in [6.07, 6.45) is 4.07. The smallest absolute Gasteiger partial charge is 0.410 e. The van der Waals surface area contributed by atoms with Gasteiger partial charge in [-0.2, -0.15) is 0 Å². The number of fused-ring (bicyclic) bond motifs is 2. The fraction of sp³-hybridized carbons (Fsp3) is 0.250. The number of amides is 1. The van der Waals surface area contributed by atoms with Gasteiger partial charge in [-0.25, -0.2) is 14.8 Å². The number of benzene rings is 2. The Kier molecular flexibility index (Phi) is 5.92. The number of hydrogen-bond acceptors (Lipinski definition) is 7. The second-order valence-electron chi connectivity index (χ2n) is 9.32. The number of likely N-dealkylation sites (tertiary alicyclic amines) is 1. The summed E-state index contributed by atoms with van der Waals surface area (Å²) in [4.78, 5) is 25.0. The number of carbonyl (C=O) groups is 1. The van der Waals surface area contributed by atoms with Gasteiger partial charge in [-0.1, -0.05) is 36.4 Å². The van der Waals surface area contributed by atoms with Crippen molar-refractivity contribution in [3.05, 3.63) is 77.9 Å². The number of hydrogen-bond donors (Lipinski definition) is 1. The summed E-state index contributed by atoms with van der Waals surface area (Å²) >= 11 is 1.63. The number of rotatable bonds is 5. The normalized spacial score (nSPS) is 15.5. The number of methoxy groups -OCH3 is 1. The fourth-order valence-electron chi connectivity index (χ4n) is 5.03. The lowest BCUT2D eigenvalue weighted by Crippen LogP contribution is -2.29. The van der Waals surface area contributed by atoms with Gasteiger partial charge < -0.3 is 20.1 Å². The topological polar surface area (TPSA) is 95.0 Å². The Morgan fingerprint density at radius 3 is 2.86 bits per heavy atom. The maximum absolute atomic E-state index is 12.8. The Balaban J connectivity index is 1.31. The predicted octanol–water partition coefficient (Wildman–Crippen LogP) is 5.64. The number of nitrogens with zero attached hydrogens (tertiary/aromatic N) is 4. The molecule has 9 heteroatoms. The maximum Gasteiger partial charge on any atom is 0.410 e. The highest BCUT2D eigenvalue weighted by molar-refractivity contribution is 7.22. The molecule has 8 nitrogen and oxygen atoms in total. The summed E-state index contributed by atoms with van der Waals surface area (Å²) in [7, 11) is 1.69. The SMILES string of the molecule is COc1cc(C)cc2cc(-c3nc([C@H]4CCN(C(=O)OCc5ccccc5)C4)n4ccnc(N)c34)sc12. The average molecular weight is 514 g/mol.